The van der Waals surface area contributed by atoms with Crippen molar-refractivity contribution in [1.82, 2.24) is 15.2 Å². The summed E-state index contributed by atoms with van der Waals surface area (Å²) >= 11 is 0. The normalized spacial score (nSPS) is 18.3. The molecule has 1 aromatic heterocycles. The molecule has 2 atom stereocenters. The first-order valence-electron chi connectivity index (χ1n) is 10.3. The molecule has 31 heavy (non-hydrogen) atoms. The van der Waals surface area contributed by atoms with Crippen molar-refractivity contribution >= 4 is 35.9 Å². The van der Waals surface area contributed by atoms with Crippen LogP contribution in [0.1, 0.15) is 25.1 Å². The third-order valence-corrected chi connectivity index (χ3v) is 5.17. The summed E-state index contributed by atoms with van der Waals surface area (Å²) in [5.41, 5.74) is 1.94. The van der Waals surface area contributed by atoms with Crippen molar-refractivity contribution in [2.75, 3.05) is 26.7 Å². The molecular weight excluding hydrogens is 507 g/mol. The molecule has 3 rings (SSSR count). The predicted molar refractivity (Wildman–Crippen MR) is 131 cm³/mol. The molecule has 2 unspecified atom stereocenters. The zero-order valence-corrected chi connectivity index (χ0v) is 20.6. The lowest BCUT2D eigenvalue weighted by Gasteiger charge is -2.21. The van der Waals surface area contributed by atoms with Crippen LogP contribution in [0, 0.1) is 11.8 Å². The average Bonchev–Trinajstić information content (AvgIpc) is 3.17. The highest BCUT2D eigenvalue weighted by atomic mass is 127. The maximum atomic E-state index is 12.0. The van der Waals surface area contributed by atoms with Gasteiger partial charge in [-0.25, -0.2) is 4.99 Å². The van der Waals surface area contributed by atoms with Crippen molar-refractivity contribution in [2.24, 2.45) is 16.8 Å². The fourth-order valence-corrected chi connectivity index (χ4v) is 3.56. The minimum absolute atomic E-state index is 0. The number of methoxy groups -OCH3 is 1. The Balaban J connectivity index is 0.00000341. The molecule has 1 saturated heterocycles. The van der Waals surface area contributed by atoms with Crippen LogP contribution in [0.15, 0.2) is 53.7 Å². The Bertz CT molecular complexity index is 863. The van der Waals surface area contributed by atoms with E-state index in [1.165, 1.54) is 7.11 Å². The van der Waals surface area contributed by atoms with Crippen LogP contribution in [-0.4, -0.2) is 48.6 Å². The van der Waals surface area contributed by atoms with Gasteiger partial charge in [-0.3, -0.25) is 9.78 Å². The van der Waals surface area contributed by atoms with E-state index in [-0.39, 0.29) is 41.8 Å². The fraction of sp³-hybridized carbons (Fsp3) is 0.435. The van der Waals surface area contributed by atoms with Crippen LogP contribution in [0.5, 0.6) is 5.75 Å². The Labute approximate surface area is 201 Å². The molecule has 2 aromatic rings. The van der Waals surface area contributed by atoms with Gasteiger partial charge in [-0.05, 0) is 42.7 Å². The van der Waals surface area contributed by atoms with Gasteiger partial charge in [-0.15, -0.1) is 24.0 Å². The molecule has 0 amide bonds. The SMILES string of the molecule is CCNC(=NCc1cccc(OCc2ccccn2)c1)N1CC(C)C(C(=O)OC)C1.I. The van der Waals surface area contributed by atoms with E-state index < -0.39 is 0 Å². The van der Waals surface area contributed by atoms with Crippen molar-refractivity contribution in [3.8, 4) is 5.75 Å². The molecule has 0 saturated carbocycles. The summed E-state index contributed by atoms with van der Waals surface area (Å²) in [6.45, 7) is 7.23. The highest BCUT2D eigenvalue weighted by Gasteiger charge is 2.36. The Hall–Kier alpha value is -2.36. The molecule has 0 bridgehead atoms. The summed E-state index contributed by atoms with van der Waals surface area (Å²) in [4.78, 5) is 23.2. The quantitative estimate of drug-likeness (QED) is 0.252. The van der Waals surface area contributed by atoms with Gasteiger partial charge in [0.1, 0.15) is 12.4 Å². The first-order chi connectivity index (χ1) is 14.6. The van der Waals surface area contributed by atoms with Crippen LogP contribution in [0.2, 0.25) is 0 Å². The molecule has 1 aliphatic heterocycles. The number of likely N-dealkylation sites (tertiary alicyclic amines) is 1. The number of aromatic nitrogens is 1. The van der Waals surface area contributed by atoms with Crippen LogP contribution >= 0.6 is 24.0 Å². The number of carbonyl (C=O) groups excluding carboxylic acids is 1. The van der Waals surface area contributed by atoms with Crippen molar-refractivity contribution < 1.29 is 14.3 Å². The van der Waals surface area contributed by atoms with Gasteiger partial charge >= 0.3 is 5.97 Å². The van der Waals surface area contributed by atoms with Crippen molar-refractivity contribution in [3.63, 3.8) is 0 Å². The Morgan fingerprint density at radius 1 is 1.26 bits per heavy atom. The smallest absolute Gasteiger partial charge is 0.310 e. The van der Waals surface area contributed by atoms with Gasteiger partial charge in [0.25, 0.3) is 0 Å². The molecular formula is C23H31IN4O3. The maximum Gasteiger partial charge on any atom is 0.310 e. The molecule has 1 fully saturated rings. The highest BCUT2D eigenvalue weighted by Crippen LogP contribution is 2.24. The van der Waals surface area contributed by atoms with Crippen LogP contribution in [-0.2, 0) is 22.7 Å². The number of ether oxygens (including phenoxy) is 2. The van der Waals surface area contributed by atoms with Gasteiger partial charge < -0.3 is 19.7 Å². The molecule has 2 heterocycles. The number of hydrogen-bond donors (Lipinski definition) is 1. The van der Waals surface area contributed by atoms with E-state index in [1.807, 2.05) is 49.4 Å². The van der Waals surface area contributed by atoms with E-state index >= 15 is 0 Å². The number of carbonyl (C=O) groups is 1. The number of nitrogens with one attached hydrogen (secondary N) is 1. The second-order valence-electron chi connectivity index (χ2n) is 7.44. The number of nitrogens with zero attached hydrogens (tertiary/aromatic N) is 3. The second-order valence-corrected chi connectivity index (χ2v) is 7.44. The van der Waals surface area contributed by atoms with E-state index in [2.05, 4.69) is 22.1 Å². The number of benzene rings is 1. The van der Waals surface area contributed by atoms with Crippen LogP contribution in [0.3, 0.4) is 0 Å². The number of halogens is 1. The molecule has 0 radical (unpaired) electrons. The van der Waals surface area contributed by atoms with Gasteiger partial charge in [0.2, 0.25) is 0 Å². The summed E-state index contributed by atoms with van der Waals surface area (Å²) < 4.78 is 10.8. The highest BCUT2D eigenvalue weighted by molar-refractivity contribution is 14.0. The topological polar surface area (TPSA) is 76.1 Å². The predicted octanol–water partition coefficient (Wildman–Crippen LogP) is 3.49. The van der Waals surface area contributed by atoms with Crippen molar-refractivity contribution in [3.05, 3.63) is 59.9 Å². The molecule has 0 spiro atoms. The summed E-state index contributed by atoms with van der Waals surface area (Å²) in [6, 6.07) is 13.7. The molecule has 1 aromatic carbocycles. The summed E-state index contributed by atoms with van der Waals surface area (Å²) in [6.07, 6.45) is 1.76. The molecule has 8 heteroatoms. The average molecular weight is 538 g/mol. The maximum absolute atomic E-state index is 12.0. The van der Waals surface area contributed by atoms with Crippen molar-refractivity contribution in [1.29, 1.82) is 0 Å². The number of guanidine groups is 1. The number of rotatable bonds is 7. The van der Waals surface area contributed by atoms with E-state index in [4.69, 9.17) is 14.5 Å². The van der Waals surface area contributed by atoms with Gasteiger partial charge in [0, 0.05) is 25.8 Å². The van der Waals surface area contributed by atoms with Gasteiger partial charge in [-0.1, -0.05) is 25.1 Å². The first-order valence-corrected chi connectivity index (χ1v) is 10.3. The van der Waals surface area contributed by atoms with E-state index in [0.29, 0.717) is 19.7 Å². The van der Waals surface area contributed by atoms with E-state index in [9.17, 15) is 4.79 Å². The lowest BCUT2D eigenvalue weighted by atomic mass is 9.99. The molecule has 1 N–H and O–H groups in total. The third kappa shape index (κ3) is 7.09. The van der Waals surface area contributed by atoms with Gasteiger partial charge in [0.15, 0.2) is 5.96 Å². The standard InChI is InChI=1S/C23H30N4O3.HI/c1-4-24-23(27-14-17(2)21(15-27)22(28)29-3)26-13-18-8-7-10-20(12-18)30-16-19-9-5-6-11-25-19;/h5-12,17,21H,4,13-16H2,1-3H3,(H,24,26);1H. The number of pyridine rings is 1. The Kier molecular flexibility index (Phi) is 10.0. The summed E-state index contributed by atoms with van der Waals surface area (Å²) in [5.74, 6) is 1.56. The van der Waals surface area contributed by atoms with E-state index in [1.54, 1.807) is 6.20 Å². The lowest BCUT2D eigenvalue weighted by Crippen LogP contribution is -2.40. The van der Waals surface area contributed by atoms with Gasteiger partial charge in [0.05, 0.1) is 25.3 Å². The lowest BCUT2D eigenvalue weighted by molar-refractivity contribution is -0.145. The summed E-state index contributed by atoms with van der Waals surface area (Å²) in [7, 11) is 1.44. The largest absolute Gasteiger partial charge is 0.487 e. The van der Waals surface area contributed by atoms with Crippen LogP contribution in [0.25, 0.3) is 0 Å². The van der Waals surface area contributed by atoms with Crippen LogP contribution in [0.4, 0.5) is 0 Å². The van der Waals surface area contributed by atoms with E-state index in [0.717, 1.165) is 36.1 Å². The van der Waals surface area contributed by atoms with Crippen molar-refractivity contribution in [2.45, 2.75) is 27.0 Å². The molecule has 168 valence electrons. The Morgan fingerprint density at radius 3 is 2.81 bits per heavy atom. The zero-order chi connectivity index (χ0) is 21.3. The zero-order valence-electron chi connectivity index (χ0n) is 18.3. The molecule has 0 aliphatic carbocycles. The number of aliphatic imine (C=N–C) groups is 1. The third-order valence-electron chi connectivity index (χ3n) is 5.17. The molecule has 7 nitrogen and oxygen atoms in total. The monoisotopic (exact) mass is 538 g/mol. The number of hydrogen-bond acceptors (Lipinski definition) is 5. The Morgan fingerprint density at radius 2 is 2.10 bits per heavy atom. The second kappa shape index (κ2) is 12.5. The van der Waals surface area contributed by atoms with Gasteiger partial charge in [-0.2, -0.15) is 0 Å². The molecule has 1 aliphatic rings. The minimum Gasteiger partial charge on any atom is -0.487 e. The number of esters is 1. The fourth-order valence-electron chi connectivity index (χ4n) is 3.56. The van der Waals surface area contributed by atoms with Crippen LogP contribution < -0.4 is 10.1 Å². The minimum atomic E-state index is -0.154. The first kappa shape index (κ1) is 24.9. The summed E-state index contributed by atoms with van der Waals surface area (Å²) in [5, 5.41) is 3.34.